The van der Waals surface area contributed by atoms with Crippen LogP contribution in [0, 0.1) is 16.7 Å². The number of nitriles is 1. The number of carbonyl (C=O) groups excluding carboxylic acids is 2. The number of hydrogen-bond acceptors (Lipinski definition) is 5. The highest BCUT2D eigenvalue weighted by Crippen LogP contribution is 2.27. The predicted octanol–water partition coefficient (Wildman–Crippen LogP) is 4.33. The topological polar surface area (TPSA) is 123 Å². The molecule has 0 aliphatic rings. The lowest BCUT2D eigenvalue weighted by molar-refractivity contribution is -0.120. The molecule has 2 aromatic carbocycles. The maximum atomic E-state index is 12.7. The number of nitrogens with one attached hydrogen (secondary N) is 2. The van der Waals surface area contributed by atoms with Crippen molar-refractivity contribution < 1.29 is 14.7 Å². The van der Waals surface area contributed by atoms with E-state index in [-0.39, 0.29) is 17.9 Å². The summed E-state index contributed by atoms with van der Waals surface area (Å²) in [5.41, 5.74) is 3.03. The molecule has 3 N–H and O–H groups in total. The lowest BCUT2D eigenvalue weighted by Gasteiger charge is -2.23. The molecule has 0 aliphatic carbocycles. The fourth-order valence-electron chi connectivity index (χ4n) is 3.49. The molecule has 3 aromatic rings. The molecule has 9 heteroatoms. The number of urea groups is 1. The molecule has 0 aliphatic heterocycles. The molecule has 3 amide bonds. The van der Waals surface area contributed by atoms with Gasteiger partial charge in [0.15, 0.2) is 0 Å². The first-order valence-electron chi connectivity index (χ1n) is 11.1. The van der Waals surface area contributed by atoms with Crippen molar-refractivity contribution >= 4 is 40.3 Å². The molecule has 0 radical (unpaired) electrons. The van der Waals surface area contributed by atoms with E-state index in [0.29, 0.717) is 47.8 Å². The van der Waals surface area contributed by atoms with Gasteiger partial charge in [-0.2, -0.15) is 5.26 Å². The Morgan fingerprint density at radius 3 is 2.47 bits per heavy atom. The maximum absolute atomic E-state index is 12.7. The number of benzene rings is 2. The molecule has 1 heterocycles. The van der Waals surface area contributed by atoms with Gasteiger partial charge in [-0.15, -0.1) is 0 Å². The van der Waals surface area contributed by atoms with Crippen molar-refractivity contribution in [2.75, 3.05) is 29.2 Å². The third-order valence-corrected chi connectivity index (χ3v) is 5.21. The Morgan fingerprint density at radius 1 is 1.15 bits per heavy atom. The minimum absolute atomic E-state index is 0.00131. The number of imidazole rings is 1. The highest BCUT2D eigenvalue weighted by molar-refractivity contribution is 6.00. The highest BCUT2D eigenvalue weighted by Gasteiger charge is 2.21. The molecule has 0 unspecified atom stereocenters. The molecule has 0 fully saturated rings. The molecule has 0 spiro atoms. The van der Waals surface area contributed by atoms with Crippen molar-refractivity contribution in [2.24, 2.45) is 5.41 Å². The number of hydrogen-bond donors (Lipinski definition) is 3. The van der Waals surface area contributed by atoms with Crippen LogP contribution in [0.25, 0.3) is 11.0 Å². The average molecular weight is 463 g/mol. The quantitative estimate of drug-likeness (QED) is 0.482. The smallest absolute Gasteiger partial charge is 0.326 e. The van der Waals surface area contributed by atoms with Crippen LogP contribution in [-0.2, 0) is 11.3 Å². The first kappa shape index (κ1) is 24.7. The summed E-state index contributed by atoms with van der Waals surface area (Å²) in [5.74, 6) is 0.335. The van der Waals surface area contributed by atoms with Crippen molar-refractivity contribution in [1.29, 1.82) is 5.26 Å². The fraction of sp³-hybridized carbons (Fsp3) is 0.360. The molecule has 34 heavy (non-hydrogen) atoms. The normalized spacial score (nSPS) is 11.2. The Labute approximate surface area is 199 Å². The Balaban J connectivity index is 1.85. The van der Waals surface area contributed by atoms with Crippen molar-refractivity contribution in [3.05, 3.63) is 48.0 Å². The van der Waals surface area contributed by atoms with Gasteiger partial charge in [-0.3, -0.25) is 10.1 Å². The van der Waals surface area contributed by atoms with E-state index in [2.05, 4.69) is 15.6 Å². The van der Waals surface area contributed by atoms with E-state index in [9.17, 15) is 14.7 Å². The van der Waals surface area contributed by atoms with Crippen LogP contribution < -0.4 is 15.5 Å². The molecule has 0 atom stereocenters. The largest absolute Gasteiger partial charge is 0.396 e. The lowest BCUT2D eigenvalue weighted by Crippen LogP contribution is -2.29. The second kappa shape index (κ2) is 10.4. The first-order valence-corrected chi connectivity index (χ1v) is 11.1. The SMILES string of the molecule is CN(C(=O)CC(C)(C)C)c1ccc2c(c1)nc(NC(=O)Nc1ccc(C#N)cc1)n2CCCO. The van der Waals surface area contributed by atoms with Crippen LogP contribution in [0.4, 0.5) is 22.1 Å². The Bertz CT molecular complexity index is 1220. The van der Waals surface area contributed by atoms with Gasteiger partial charge >= 0.3 is 6.03 Å². The second-order valence-electron chi connectivity index (χ2n) is 9.30. The summed E-state index contributed by atoms with van der Waals surface area (Å²) in [5, 5.41) is 23.7. The number of anilines is 3. The van der Waals surface area contributed by atoms with Gasteiger partial charge in [0.25, 0.3) is 0 Å². The number of fused-ring (bicyclic) bond motifs is 1. The number of aromatic nitrogens is 2. The van der Waals surface area contributed by atoms with Crippen molar-refractivity contribution in [3.63, 3.8) is 0 Å². The summed E-state index contributed by atoms with van der Waals surface area (Å²) < 4.78 is 1.82. The average Bonchev–Trinajstić information content (AvgIpc) is 3.12. The monoisotopic (exact) mass is 462 g/mol. The number of aliphatic hydroxyl groups is 1. The van der Waals surface area contributed by atoms with Gasteiger partial charge in [0.1, 0.15) is 0 Å². The van der Waals surface area contributed by atoms with Gasteiger partial charge in [0.05, 0.1) is 22.7 Å². The van der Waals surface area contributed by atoms with E-state index in [1.165, 1.54) is 0 Å². The van der Waals surface area contributed by atoms with Gasteiger partial charge in [0, 0.05) is 38.0 Å². The summed E-state index contributed by atoms with van der Waals surface area (Å²) in [6, 6.07) is 13.6. The molecule has 178 valence electrons. The zero-order chi connectivity index (χ0) is 24.9. The van der Waals surface area contributed by atoms with Crippen molar-refractivity contribution in [2.45, 2.75) is 40.2 Å². The Morgan fingerprint density at radius 2 is 1.85 bits per heavy atom. The van der Waals surface area contributed by atoms with E-state index in [0.717, 1.165) is 5.52 Å². The van der Waals surface area contributed by atoms with E-state index >= 15 is 0 Å². The molecule has 9 nitrogen and oxygen atoms in total. The molecular formula is C25H30N6O3. The second-order valence-corrected chi connectivity index (χ2v) is 9.30. The summed E-state index contributed by atoms with van der Waals surface area (Å²) in [4.78, 5) is 31.4. The Hall–Kier alpha value is -3.90. The van der Waals surface area contributed by atoms with E-state index in [1.807, 2.05) is 49.6 Å². The number of aliphatic hydroxyl groups excluding tert-OH is 1. The lowest BCUT2D eigenvalue weighted by atomic mass is 9.91. The fourth-order valence-corrected chi connectivity index (χ4v) is 3.49. The first-order chi connectivity index (χ1) is 16.1. The van der Waals surface area contributed by atoms with Gasteiger partial charge in [-0.05, 0) is 54.3 Å². The van der Waals surface area contributed by atoms with Gasteiger partial charge in [-0.25, -0.2) is 9.78 Å². The zero-order valence-corrected chi connectivity index (χ0v) is 19.9. The van der Waals surface area contributed by atoms with Crippen LogP contribution in [0.3, 0.4) is 0 Å². The molecule has 1 aromatic heterocycles. The number of nitrogens with zero attached hydrogens (tertiary/aromatic N) is 4. The zero-order valence-electron chi connectivity index (χ0n) is 19.9. The summed E-state index contributed by atoms with van der Waals surface area (Å²) in [6.07, 6.45) is 0.901. The van der Waals surface area contributed by atoms with Gasteiger partial charge < -0.3 is 19.9 Å². The summed E-state index contributed by atoms with van der Waals surface area (Å²) >= 11 is 0. The number of rotatable bonds is 7. The molecule has 0 saturated heterocycles. The molecular weight excluding hydrogens is 432 g/mol. The van der Waals surface area contributed by atoms with Gasteiger partial charge in [-0.1, -0.05) is 20.8 Å². The molecule has 0 bridgehead atoms. The van der Waals surface area contributed by atoms with Crippen LogP contribution in [-0.4, -0.2) is 40.3 Å². The minimum Gasteiger partial charge on any atom is -0.396 e. The van der Waals surface area contributed by atoms with Crippen LogP contribution in [0.5, 0.6) is 0 Å². The predicted molar refractivity (Wildman–Crippen MR) is 133 cm³/mol. The number of aryl methyl sites for hydroxylation is 1. The van der Waals surface area contributed by atoms with Crippen LogP contribution >= 0.6 is 0 Å². The number of amides is 3. The minimum atomic E-state index is -0.483. The Kier molecular flexibility index (Phi) is 7.54. The van der Waals surface area contributed by atoms with Crippen LogP contribution in [0.2, 0.25) is 0 Å². The van der Waals surface area contributed by atoms with Crippen LogP contribution in [0.1, 0.15) is 39.2 Å². The maximum Gasteiger partial charge on any atom is 0.326 e. The standard InChI is InChI=1S/C25H30N6O3/c1-25(2,3)15-22(33)30(4)19-10-11-21-20(14-19)28-23(31(21)12-5-13-32)29-24(34)27-18-8-6-17(16-26)7-9-18/h6-11,14,32H,5,12-13,15H2,1-4H3,(H2,27,28,29,34). The van der Waals surface area contributed by atoms with Gasteiger partial charge in [0.2, 0.25) is 11.9 Å². The summed E-state index contributed by atoms with van der Waals surface area (Å²) in [7, 11) is 1.74. The van der Waals surface area contributed by atoms with Crippen LogP contribution in [0.15, 0.2) is 42.5 Å². The third kappa shape index (κ3) is 6.11. The number of carbonyl (C=O) groups is 2. The van der Waals surface area contributed by atoms with E-state index in [4.69, 9.17) is 5.26 Å². The van der Waals surface area contributed by atoms with Crippen molar-refractivity contribution in [1.82, 2.24) is 9.55 Å². The highest BCUT2D eigenvalue weighted by atomic mass is 16.3. The summed E-state index contributed by atoms with van der Waals surface area (Å²) in [6.45, 7) is 6.51. The molecule has 0 saturated carbocycles. The third-order valence-electron chi connectivity index (χ3n) is 5.21. The van der Waals surface area contributed by atoms with E-state index in [1.54, 1.807) is 36.2 Å². The van der Waals surface area contributed by atoms with Crippen molar-refractivity contribution in [3.8, 4) is 6.07 Å². The van der Waals surface area contributed by atoms with E-state index < -0.39 is 6.03 Å². The molecule has 3 rings (SSSR count).